The van der Waals surface area contributed by atoms with E-state index in [0.717, 1.165) is 12.4 Å². The molecule has 2 aliphatic heterocycles. The van der Waals surface area contributed by atoms with Gasteiger partial charge in [0, 0.05) is 22.9 Å². The van der Waals surface area contributed by atoms with Crippen LogP contribution >= 0.6 is 11.8 Å². The Bertz CT molecular complexity index is 1040. The van der Waals surface area contributed by atoms with Crippen molar-refractivity contribution in [2.24, 2.45) is 16.6 Å². The smallest absolute Gasteiger partial charge is 0.281 e. The Labute approximate surface area is 184 Å². The molecule has 2 aliphatic rings. The van der Waals surface area contributed by atoms with Crippen LogP contribution in [-0.2, 0) is 10.3 Å². The topological polar surface area (TPSA) is 102 Å². The quantitative estimate of drug-likeness (QED) is 0.651. The van der Waals surface area contributed by atoms with E-state index in [1.807, 2.05) is 0 Å². The number of alkyl halides is 3. The van der Waals surface area contributed by atoms with Crippen molar-refractivity contribution >= 4 is 28.5 Å². The fourth-order valence-electron chi connectivity index (χ4n) is 3.85. The standard InChI is InChI=1S/C20H19F4N5O2S/c21-5-12-3-10-8-32-19(25)29-20(10,9-31-12)13-4-11(1-2-14(13)22)28-18(30)16-7-26-15(6-27-16)17(23)24/h1-2,4,6-7,10,12,17H,3,5,8-9H2,(H2,25,29)(H,28,30)/t10-,12+,20-/m0/s1. The van der Waals surface area contributed by atoms with E-state index in [1.165, 1.54) is 30.0 Å². The Hall–Kier alpha value is -2.73. The van der Waals surface area contributed by atoms with Crippen LogP contribution < -0.4 is 11.1 Å². The molecule has 1 saturated heterocycles. The van der Waals surface area contributed by atoms with Crippen molar-refractivity contribution in [3.63, 3.8) is 0 Å². The molecule has 0 saturated carbocycles. The van der Waals surface area contributed by atoms with Crippen LogP contribution in [0.15, 0.2) is 35.6 Å². The third kappa shape index (κ3) is 4.29. The number of rotatable bonds is 5. The van der Waals surface area contributed by atoms with Gasteiger partial charge in [-0.15, -0.1) is 0 Å². The second-order valence-electron chi connectivity index (χ2n) is 7.48. The number of amidine groups is 1. The molecule has 7 nitrogen and oxygen atoms in total. The molecular formula is C20H19F4N5O2S. The van der Waals surface area contributed by atoms with Crippen LogP contribution in [0.5, 0.6) is 0 Å². The van der Waals surface area contributed by atoms with Crippen molar-refractivity contribution in [3.8, 4) is 0 Å². The highest BCUT2D eigenvalue weighted by molar-refractivity contribution is 8.13. The van der Waals surface area contributed by atoms with Gasteiger partial charge in [-0.05, 0) is 24.6 Å². The summed E-state index contributed by atoms with van der Waals surface area (Å²) in [6.45, 7) is -0.706. The lowest BCUT2D eigenvalue weighted by atomic mass is 9.75. The van der Waals surface area contributed by atoms with E-state index < -0.39 is 42.2 Å². The Balaban J connectivity index is 1.63. The highest BCUT2D eigenvalue weighted by atomic mass is 32.2. The second kappa shape index (κ2) is 9.02. The lowest BCUT2D eigenvalue weighted by molar-refractivity contribution is -0.0652. The van der Waals surface area contributed by atoms with Crippen LogP contribution in [0.4, 0.5) is 23.2 Å². The molecule has 0 bridgehead atoms. The number of ether oxygens (including phenoxy) is 1. The number of carbonyl (C=O) groups is 1. The summed E-state index contributed by atoms with van der Waals surface area (Å²) in [6.07, 6.45) is -1.29. The molecule has 1 aromatic carbocycles. The number of nitrogens with two attached hydrogens (primary N) is 1. The summed E-state index contributed by atoms with van der Waals surface area (Å²) in [5.41, 5.74) is 4.45. The number of hydrogen-bond acceptors (Lipinski definition) is 7. The molecule has 32 heavy (non-hydrogen) atoms. The van der Waals surface area contributed by atoms with Gasteiger partial charge in [-0.3, -0.25) is 9.78 Å². The number of nitrogens with zero attached hydrogens (tertiary/aromatic N) is 3. The fraction of sp³-hybridized carbons (Fsp3) is 0.400. The number of carbonyl (C=O) groups excluding carboxylic acids is 1. The van der Waals surface area contributed by atoms with Crippen molar-refractivity contribution < 1.29 is 27.1 Å². The molecule has 1 aromatic heterocycles. The first-order valence-electron chi connectivity index (χ1n) is 9.69. The number of halogens is 4. The van der Waals surface area contributed by atoms with Crippen LogP contribution in [0.3, 0.4) is 0 Å². The van der Waals surface area contributed by atoms with Crippen LogP contribution in [0.25, 0.3) is 0 Å². The molecule has 0 aliphatic carbocycles. The minimum Gasteiger partial charge on any atom is -0.379 e. The number of aromatic nitrogens is 2. The summed E-state index contributed by atoms with van der Waals surface area (Å²) in [5.74, 6) is -0.969. The fourth-order valence-corrected chi connectivity index (χ4v) is 4.86. The first-order chi connectivity index (χ1) is 15.3. The molecule has 0 unspecified atom stereocenters. The van der Waals surface area contributed by atoms with Gasteiger partial charge in [-0.25, -0.2) is 27.5 Å². The highest BCUT2D eigenvalue weighted by Gasteiger charge is 2.49. The largest absolute Gasteiger partial charge is 0.379 e. The van der Waals surface area contributed by atoms with Crippen LogP contribution in [0, 0.1) is 11.7 Å². The summed E-state index contributed by atoms with van der Waals surface area (Å²) >= 11 is 1.32. The zero-order valence-corrected chi connectivity index (χ0v) is 17.4. The predicted molar refractivity (Wildman–Crippen MR) is 111 cm³/mol. The van der Waals surface area contributed by atoms with E-state index in [0.29, 0.717) is 12.2 Å². The highest BCUT2D eigenvalue weighted by Crippen LogP contribution is 2.47. The van der Waals surface area contributed by atoms with Crippen molar-refractivity contribution in [3.05, 3.63) is 53.4 Å². The number of amides is 1. The van der Waals surface area contributed by atoms with Crippen LogP contribution in [0.1, 0.15) is 34.6 Å². The summed E-state index contributed by atoms with van der Waals surface area (Å²) in [6, 6.07) is 3.95. The molecule has 3 N–H and O–H groups in total. The van der Waals surface area contributed by atoms with Crippen molar-refractivity contribution in [2.75, 3.05) is 24.4 Å². The second-order valence-corrected chi connectivity index (χ2v) is 8.52. The molecule has 0 spiro atoms. The maximum atomic E-state index is 15.0. The van der Waals surface area contributed by atoms with E-state index in [1.54, 1.807) is 0 Å². The Morgan fingerprint density at radius 2 is 2.16 bits per heavy atom. The van der Waals surface area contributed by atoms with Gasteiger partial charge in [0.25, 0.3) is 12.3 Å². The first-order valence-corrected chi connectivity index (χ1v) is 10.7. The van der Waals surface area contributed by atoms with E-state index in [-0.39, 0.29) is 34.6 Å². The molecule has 0 radical (unpaired) electrons. The number of anilines is 1. The summed E-state index contributed by atoms with van der Waals surface area (Å²) < 4.78 is 59.0. The molecular weight excluding hydrogens is 450 g/mol. The van der Waals surface area contributed by atoms with Crippen molar-refractivity contribution in [1.29, 1.82) is 0 Å². The number of fused-ring (bicyclic) bond motifs is 1. The van der Waals surface area contributed by atoms with E-state index in [2.05, 4.69) is 20.3 Å². The maximum absolute atomic E-state index is 15.0. The maximum Gasteiger partial charge on any atom is 0.281 e. The SMILES string of the molecule is NC1=N[C@@]2(c3cc(NC(=O)c4cnc(C(F)F)cn4)ccc3F)CO[C@@H](CF)C[C@H]2CS1. The average Bonchev–Trinajstić information content (AvgIpc) is 2.79. The van der Waals surface area contributed by atoms with Gasteiger partial charge in [0.15, 0.2) is 5.17 Å². The third-order valence-corrected chi connectivity index (χ3v) is 6.45. The zero-order chi connectivity index (χ0) is 22.9. The normalized spacial score (nSPS) is 25.2. The molecule has 170 valence electrons. The Morgan fingerprint density at radius 1 is 1.34 bits per heavy atom. The van der Waals surface area contributed by atoms with Gasteiger partial charge < -0.3 is 15.8 Å². The minimum atomic E-state index is -2.80. The van der Waals surface area contributed by atoms with Crippen molar-refractivity contribution in [1.82, 2.24) is 9.97 Å². The van der Waals surface area contributed by atoms with Gasteiger partial charge in [0.2, 0.25) is 0 Å². The van der Waals surface area contributed by atoms with Crippen LogP contribution in [0.2, 0.25) is 0 Å². The minimum absolute atomic E-state index is 0.0532. The molecule has 2 aromatic rings. The number of aliphatic imine (C=N–C) groups is 1. The van der Waals surface area contributed by atoms with Gasteiger partial charge in [0.1, 0.15) is 29.4 Å². The van der Waals surface area contributed by atoms with Crippen molar-refractivity contribution in [2.45, 2.75) is 24.5 Å². The summed E-state index contributed by atoms with van der Waals surface area (Å²) in [4.78, 5) is 24.2. The summed E-state index contributed by atoms with van der Waals surface area (Å²) in [7, 11) is 0. The zero-order valence-electron chi connectivity index (χ0n) is 16.6. The molecule has 12 heteroatoms. The monoisotopic (exact) mass is 469 g/mol. The molecule has 1 fully saturated rings. The molecule has 4 rings (SSSR count). The third-order valence-electron chi connectivity index (χ3n) is 5.49. The number of benzene rings is 1. The lowest BCUT2D eigenvalue weighted by Gasteiger charge is -2.46. The number of thioether (sulfide) groups is 1. The Morgan fingerprint density at radius 3 is 2.84 bits per heavy atom. The van der Waals surface area contributed by atoms with Gasteiger partial charge >= 0.3 is 0 Å². The molecule has 1 amide bonds. The van der Waals surface area contributed by atoms with Gasteiger partial charge in [-0.2, -0.15) is 0 Å². The first kappa shape index (κ1) is 22.5. The van der Waals surface area contributed by atoms with E-state index in [4.69, 9.17) is 10.5 Å². The van der Waals surface area contributed by atoms with Gasteiger partial charge in [-0.1, -0.05) is 11.8 Å². The van der Waals surface area contributed by atoms with E-state index >= 15 is 0 Å². The Kier molecular flexibility index (Phi) is 6.33. The predicted octanol–water partition coefficient (Wildman–Crippen LogP) is 3.44. The molecule has 3 atom stereocenters. The van der Waals surface area contributed by atoms with Gasteiger partial charge in [0.05, 0.1) is 25.1 Å². The average molecular weight is 469 g/mol. The number of nitrogens with one attached hydrogen (secondary N) is 1. The van der Waals surface area contributed by atoms with Crippen LogP contribution in [-0.4, -0.2) is 46.2 Å². The lowest BCUT2D eigenvalue weighted by Crippen LogP contribution is -2.50. The number of hydrogen-bond donors (Lipinski definition) is 2. The summed E-state index contributed by atoms with van der Waals surface area (Å²) in [5, 5.41) is 2.83. The van der Waals surface area contributed by atoms with E-state index in [9.17, 15) is 22.4 Å². The molecule has 3 heterocycles.